The first-order chi connectivity index (χ1) is 13.7. The molecule has 1 aliphatic rings. The highest BCUT2D eigenvalue weighted by molar-refractivity contribution is 5.68. The van der Waals surface area contributed by atoms with Crippen LogP contribution >= 0.6 is 0 Å². The van der Waals surface area contributed by atoms with E-state index in [1.807, 2.05) is 23.9 Å². The predicted octanol–water partition coefficient (Wildman–Crippen LogP) is 4.12. The lowest BCUT2D eigenvalue weighted by molar-refractivity contribution is 0.0531. The quantitative estimate of drug-likeness (QED) is 0.754. The number of carbonyl (C=O) groups excluding carboxylic acids is 1. The van der Waals surface area contributed by atoms with Crippen LogP contribution in [0, 0.1) is 0 Å². The molecule has 1 amide bonds. The molecular formula is C21H27FN4O3. The Morgan fingerprint density at radius 3 is 2.59 bits per heavy atom. The summed E-state index contributed by atoms with van der Waals surface area (Å²) in [6.07, 6.45) is 2.18. The first kappa shape index (κ1) is 20.8. The van der Waals surface area contributed by atoms with Gasteiger partial charge in [0.05, 0.1) is 6.33 Å². The van der Waals surface area contributed by atoms with Gasteiger partial charge in [-0.2, -0.15) is 5.10 Å². The summed E-state index contributed by atoms with van der Waals surface area (Å²) < 4.78 is 25.7. The van der Waals surface area contributed by atoms with Crippen LogP contribution in [0.3, 0.4) is 0 Å². The fourth-order valence-corrected chi connectivity index (χ4v) is 2.71. The number of alkyl carbamates (subject to hydrolysis) is 1. The van der Waals surface area contributed by atoms with Gasteiger partial charge in [-0.1, -0.05) is 0 Å². The van der Waals surface area contributed by atoms with Crippen molar-refractivity contribution in [3.63, 3.8) is 0 Å². The Labute approximate surface area is 169 Å². The average molecular weight is 402 g/mol. The van der Waals surface area contributed by atoms with Crippen LogP contribution in [0.1, 0.15) is 45.4 Å². The van der Waals surface area contributed by atoms with Gasteiger partial charge in [0, 0.05) is 30.6 Å². The Morgan fingerprint density at radius 2 is 2.00 bits per heavy atom. The highest BCUT2D eigenvalue weighted by Gasteiger charge is 2.29. The number of aryl methyl sites for hydroxylation is 1. The molecule has 1 heterocycles. The summed E-state index contributed by atoms with van der Waals surface area (Å²) in [5.41, 5.74) is 0.581. The lowest BCUT2D eigenvalue weighted by atomic mass is 10.2. The van der Waals surface area contributed by atoms with Crippen molar-refractivity contribution in [1.82, 2.24) is 20.1 Å². The second-order valence-corrected chi connectivity index (χ2v) is 8.13. The molecule has 0 atom stereocenters. The van der Waals surface area contributed by atoms with Gasteiger partial charge in [-0.05, 0) is 57.9 Å². The van der Waals surface area contributed by atoms with Crippen molar-refractivity contribution >= 4 is 6.09 Å². The first-order valence-electron chi connectivity index (χ1n) is 9.64. The number of hydrogen-bond acceptors (Lipinski definition) is 5. The second kappa shape index (κ2) is 8.63. The highest BCUT2D eigenvalue weighted by Crippen LogP contribution is 2.39. The van der Waals surface area contributed by atoms with Crippen molar-refractivity contribution in [1.29, 1.82) is 0 Å². The van der Waals surface area contributed by atoms with Crippen LogP contribution in [-0.2, 0) is 11.8 Å². The molecule has 0 aliphatic heterocycles. The molecule has 1 aromatic carbocycles. The molecule has 0 spiro atoms. The summed E-state index contributed by atoms with van der Waals surface area (Å²) in [5.74, 6) is 2.83. The molecule has 1 aromatic heterocycles. The van der Waals surface area contributed by atoms with E-state index in [4.69, 9.17) is 9.47 Å². The smallest absolute Gasteiger partial charge is 0.407 e. The van der Waals surface area contributed by atoms with Gasteiger partial charge in [0.15, 0.2) is 5.82 Å². The highest BCUT2D eigenvalue weighted by atomic mass is 19.1. The molecule has 0 saturated heterocycles. The molecule has 0 bridgehead atoms. The third-order valence-corrected chi connectivity index (χ3v) is 4.29. The molecule has 3 rings (SSSR count). The molecule has 8 heteroatoms. The van der Waals surface area contributed by atoms with Crippen molar-refractivity contribution in [2.75, 3.05) is 13.2 Å². The maximum atomic E-state index is 13.1. The summed E-state index contributed by atoms with van der Waals surface area (Å²) in [6.45, 7) is 5.31. The number of nitrogens with one attached hydrogen (secondary N) is 1. The van der Waals surface area contributed by atoms with Crippen LogP contribution < -0.4 is 10.1 Å². The summed E-state index contributed by atoms with van der Waals surface area (Å²) in [5, 5.41) is 6.99. The summed E-state index contributed by atoms with van der Waals surface area (Å²) in [7, 11) is 1.91. The minimum absolute atomic E-state index is 0.00525. The van der Waals surface area contributed by atoms with Crippen molar-refractivity contribution in [2.45, 2.75) is 45.1 Å². The Morgan fingerprint density at radius 1 is 1.31 bits per heavy atom. The van der Waals surface area contributed by atoms with Crippen molar-refractivity contribution in [2.24, 2.45) is 7.05 Å². The van der Waals surface area contributed by atoms with E-state index < -0.39 is 11.7 Å². The van der Waals surface area contributed by atoms with Crippen molar-refractivity contribution in [3.8, 4) is 17.1 Å². The molecular weight excluding hydrogens is 375 g/mol. The Bertz CT molecular complexity index is 880. The lowest BCUT2D eigenvalue weighted by Crippen LogP contribution is -2.34. The summed E-state index contributed by atoms with van der Waals surface area (Å²) in [6, 6.07) is 7.33. The zero-order chi connectivity index (χ0) is 21.0. The Balaban J connectivity index is 1.51. The standard InChI is InChI=1S/C21H27FN4O3/c1-21(2,3)29-20(27)23-12-14(11-22)13-28-17-9-7-15(8-10-17)18-24-19(16-5-6-16)26(4)25-18/h7-11,16H,5-6,12-13H2,1-4H3,(H,23,27)/b14-11+. The van der Waals surface area contributed by atoms with Crippen molar-refractivity contribution < 1.29 is 18.7 Å². The van der Waals surface area contributed by atoms with E-state index in [1.54, 1.807) is 32.9 Å². The molecule has 0 radical (unpaired) electrons. The topological polar surface area (TPSA) is 78.3 Å². The first-order valence-corrected chi connectivity index (χ1v) is 9.64. The van der Waals surface area contributed by atoms with Gasteiger partial charge in [-0.25, -0.2) is 14.2 Å². The SMILES string of the molecule is Cn1nc(-c2ccc(OC/C(=C/F)CNC(=O)OC(C)(C)C)cc2)nc1C1CC1. The van der Waals surface area contributed by atoms with Crippen molar-refractivity contribution in [3.05, 3.63) is 42.0 Å². The number of halogens is 1. The van der Waals surface area contributed by atoms with E-state index >= 15 is 0 Å². The molecule has 1 N–H and O–H groups in total. The van der Waals surface area contributed by atoms with Gasteiger partial charge in [-0.3, -0.25) is 4.68 Å². The molecule has 29 heavy (non-hydrogen) atoms. The van der Waals surface area contributed by atoms with Crippen LogP contribution in [0.2, 0.25) is 0 Å². The van der Waals surface area contributed by atoms with Gasteiger partial charge < -0.3 is 14.8 Å². The van der Waals surface area contributed by atoms with Gasteiger partial charge in [0.2, 0.25) is 0 Å². The predicted molar refractivity (Wildman–Crippen MR) is 107 cm³/mol. The normalized spacial score (nSPS) is 14.6. The number of benzene rings is 1. The molecule has 1 saturated carbocycles. The molecule has 1 fully saturated rings. The lowest BCUT2D eigenvalue weighted by Gasteiger charge is -2.20. The van der Waals surface area contributed by atoms with Gasteiger partial charge in [0.1, 0.15) is 23.8 Å². The number of amides is 1. The van der Waals surface area contributed by atoms with Crippen LogP contribution in [0.15, 0.2) is 36.2 Å². The minimum Gasteiger partial charge on any atom is -0.489 e. The zero-order valence-corrected chi connectivity index (χ0v) is 17.2. The van der Waals surface area contributed by atoms with Crippen LogP contribution in [0.5, 0.6) is 5.75 Å². The number of aromatic nitrogens is 3. The minimum atomic E-state index is -0.607. The molecule has 2 aromatic rings. The fraction of sp³-hybridized carbons (Fsp3) is 0.476. The fourth-order valence-electron chi connectivity index (χ4n) is 2.71. The maximum Gasteiger partial charge on any atom is 0.407 e. The van der Waals surface area contributed by atoms with Gasteiger partial charge in [0.25, 0.3) is 0 Å². The van der Waals surface area contributed by atoms with Crippen LogP contribution in [0.25, 0.3) is 11.4 Å². The number of nitrogens with zero attached hydrogens (tertiary/aromatic N) is 3. The molecule has 1 aliphatic carbocycles. The Hall–Kier alpha value is -2.90. The van der Waals surface area contributed by atoms with E-state index in [0.717, 1.165) is 11.4 Å². The average Bonchev–Trinajstić information content (AvgIpc) is 3.43. The molecule has 156 valence electrons. The molecule has 7 nitrogen and oxygen atoms in total. The number of hydrogen-bond donors (Lipinski definition) is 1. The second-order valence-electron chi connectivity index (χ2n) is 8.13. The van der Waals surface area contributed by atoms with Gasteiger partial charge in [-0.15, -0.1) is 0 Å². The maximum absolute atomic E-state index is 13.1. The monoisotopic (exact) mass is 402 g/mol. The third-order valence-electron chi connectivity index (χ3n) is 4.29. The molecule has 0 unspecified atom stereocenters. The van der Waals surface area contributed by atoms with Gasteiger partial charge >= 0.3 is 6.09 Å². The Kier molecular flexibility index (Phi) is 6.20. The van der Waals surface area contributed by atoms with Crippen LogP contribution in [0.4, 0.5) is 9.18 Å². The summed E-state index contributed by atoms with van der Waals surface area (Å²) >= 11 is 0. The van der Waals surface area contributed by atoms with E-state index in [1.165, 1.54) is 12.8 Å². The number of carbonyl (C=O) groups is 1. The number of rotatable bonds is 7. The summed E-state index contributed by atoms with van der Waals surface area (Å²) in [4.78, 5) is 16.3. The largest absolute Gasteiger partial charge is 0.489 e. The number of ether oxygens (including phenoxy) is 2. The van der Waals surface area contributed by atoms with E-state index in [9.17, 15) is 9.18 Å². The third kappa shape index (κ3) is 6.04. The zero-order valence-electron chi connectivity index (χ0n) is 17.2. The van der Waals surface area contributed by atoms with Crippen LogP contribution in [-0.4, -0.2) is 39.6 Å². The van der Waals surface area contributed by atoms with E-state index in [0.29, 0.717) is 29.4 Å². The van der Waals surface area contributed by atoms with E-state index in [2.05, 4.69) is 15.4 Å². The van der Waals surface area contributed by atoms with E-state index in [-0.39, 0.29) is 13.2 Å².